The molecule has 1 aliphatic heterocycles. The van der Waals surface area contributed by atoms with Crippen molar-refractivity contribution in [2.24, 2.45) is 11.3 Å². The summed E-state index contributed by atoms with van der Waals surface area (Å²) in [6, 6.07) is 17.5. The summed E-state index contributed by atoms with van der Waals surface area (Å²) in [4.78, 5) is 32.7. The quantitative estimate of drug-likeness (QED) is 0.239. The van der Waals surface area contributed by atoms with Crippen LogP contribution in [-0.2, 0) is 27.4 Å². The number of halogens is 2. The number of piperidine rings is 1. The van der Waals surface area contributed by atoms with Crippen LogP contribution in [0.4, 0.5) is 0 Å². The zero-order valence-electron chi connectivity index (χ0n) is 23.1. The second-order valence-electron chi connectivity index (χ2n) is 11.5. The maximum atomic E-state index is 14.6. The van der Waals surface area contributed by atoms with Crippen LogP contribution >= 0.6 is 23.2 Å². The Hall–Kier alpha value is -2.82. The summed E-state index contributed by atoms with van der Waals surface area (Å²) in [7, 11) is 0. The smallest absolute Gasteiger partial charge is 0.304 e. The van der Waals surface area contributed by atoms with Gasteiger partial charge in [0, 0.05) is 47.5 Å². The van der Waals surface area contributed by atoms with Gasteiger partial charge < -0.3 is 10.0 Å². The second-order valence-corrected chi connectivity index (χ2v) is 13.4. The van der Waals surface area contributed by atoms with Crippen LogP contribution in [-0.4, -0.2) is 52.5 Å². The number of carboxylic acid groups (broad SMARTS) is 1. The molecule has 2 N–H and O–H groups in total. The van der Waals surface area contributed by atoms with Crippen LogP contribution in [0.3, 0.4) is 0 Å². The van der Waals surface area contributed by atoms with Gasteiger partial charge in [0.05, 0.1) is 17.9 Å². The van der Waals surface area contributed by atoms with E-state index in [1.807, 2.05) is 41.3 Å². The summed E-state index contributed by atoms with van der Waals surface area (Å²) in [5, 5.41) is 11.0. The van der Waals surface area contributed by atoms with E-state index in [2.05, 4.69) is 4.98 Å². The maximum absolute atomic E-state index is 14.6. The van der Waals surface area contributed by atoms with Crippen LogP contribution < -0.4 is 0 Å². The predicted molar refractivity (Wildman–Crippen MR) is 162 cm³/mol. The van der Waals surface area contributed by atoms with Gasteiger partial charge in [0.1, 0.15) is 0 Å². The lowest BCUT2D eigenvalue weighted by molar-refractivity contribution is -0.161. The maximum Gasteiger partial charge on any atom is 0.304 e. The van der Waals surface area contributed by atoms with Gasteiger partial charge in [-0.25, -0.2) is 4.21 Å². The normalized spacial score (nSPS) is 24.0. The molecule has 42 heavy (non-hydrogen) atoms. The summed E-state index contributed by atoms with van der Waals surface area (Å²) >= 11 is 10.4. The highest BCUT2D eigenvalue weighted by Crippen LogP contribution is 2.54. The van der Waals surface area contributed by atoms with Crippen LogP contribution in [0.15, 0.2) is 73.1 Å². The summed E-state index contributed by atoms with van der Waals surface area (Å²) in [5.41, 5.74) is 1.30. The minimum absolute atomic E-state index is 0.0934. The molecule has 5 atom stereocenters. The van der Waals surface area contributed by atoms with E-state index >= 15 is 0 Å². The molecule has 5 rings (SSSR count). The Balaban J connectivity index is 1.64. The van der Waals surface area contributed by atoms with Crippen LogP contribution in [0.2, 0.25) is 10.0 Å². The molecule has 1 saturated carbocycles. The van der Waals surface area contributed by atoms with E-state index in [1.54, 1.807) is 43.6 Å². The summed E-state index contributed by atoms with van der Waals surface area (Å²) in [6.07, 6.45) is 4.96. The zero-order chi connectivity index (χ0) is 30.0. The molecular formula is C31H33Cl2N3O5S. The molecule has 222 valence electrons. The third kappa shape index (κ3) is 6.87. The fraction of sp³-hybridized carbons (Fsp3) is 0.387. The first-order valence-electron chi connectivity index (χ1n) is 13.9. The van der Waals surface area contributed by atoms with Gasteiger partial charge >= 0.3 is 5.97 Å². The summed E-state index contributed by atoms with van der Waals surface area (Å²) < 4.78 is 24.4. The number of nitrogens with zero attached hydrogens (tertiary/aromatic N) is 3. The fourth-order valence-electron chi connectivity index (χ4n) is 6.28. The lowest BCUT2D eigenvalue weighted by Gasteiger charge is -2.52. The molecule has 2 fully saturated rings. The highest BCUT2D eigenvalue weighted by molar-refractivity contribution is 7.76. The Morgan fingerprint density at radius 1 is 1.12 bits per heavy atom. The van der Waals surface area contributed by atoms with Crippen molar-refractivity contribution in [1.29, 1.82) is 0 Å². The Kier molecular flexibility index (Phi) is 9.34. The molecule has 2 aliphatic rings. The molecule has 1 saturated heterocycles. The average Bonchev–Trinajstić information content (AvgIpc) is 3.79. The molecule has 1 aromatic heterocycles. The molecule has 1 aliphatic carbocycles. The van der Waals surface area contributed by atoms with Crippen molar-refractivity contribution in [3.63, 3.8) is 0 Å². The summed E-state index contributed by atoms with van der Waals surface area (Å²) in [6.45, 7) is 2.01. The highest BCUT2D eigenvalue weighted by atomic mass is 35.5. The van der Waals surface area contributed by atoms with Crippen molar-refractivity contribution in [2.75, 3.05) is 6.54 Å². The van der Waals surface area contributed by atoms with Gasteiger partial charge in [0.15, 0.2) is 0 Å². The van der Waals surface area contributed by atoms with Gasteiger partial charge in [-0.2, -0.15) is 4.31 Å². The fourth-order valence-corrected chi connectivity index (χ4v) is 7.14. The minimum Gasteiger partial charge on any atom is -0.481 e. The van der Waals surface area contributed by atoms with Crippen LogP contribution in [0.5, 0.6) is 0 Å². The molecule has 0 radical (unpaired) electrons. The third-order valence-corrected chi connectivity index (χ3v) is 9.56. The number of hydrogen-bond donors (Lipinski definition) is 2. The van der Waals surface area contributed by atoms with Crippen molar-refractivity contribution in [2.45, 2.75) is 57.2 Å². The van der Waals surface area contributed by atoms with E-state index in [0.717, 1.165) is 29.5 Å². The Bertz CT molecular complexity index is 1460. The number of aliphatic carboxylic acids is 1. The van der Waals surface area contributed by atoms with Crippen molar-refractivity contribution in [3.8, 4) is 0 Å². The van der Waals surface area contributed by atoms with E-state index < -0.39 is 34.7 Å². The minimum atomic E-state index is -2.33. The Morgan fingerprint density at radius 2 is 1.86 bits per heavy atom. The second kappa shape index (κ2) is 12.8. The van der Waals surface area contributed by atoms with E-state index in [9.17, 15) is 23.5 Å². The van der Waals surface area contributed by atoms with Gasteiger partial charge in [0.25, 0.3) is 0 Å². The van der Waals surface area contributed by atoms with Crippen molar-refractivity contribution < 1.29 is 23.5 Å². The number of pyridine rings is 1. The number of hydrogen-bond acceptors (Lipinski definition) is 4. The van der Waals surface area contributed by atoms with Crippen molar-refractivity contribution in [1.82, 2.24) is 14.2 Å². The van der Waals surface area contributed by atoms with Gasteiger partial charge in [-0.1, -0.05) is 60.5 Å². The predicted octanol–water partition coefficient (Wildman–Crippen LogP) is 6.34. The van der Waals surface area contributed by atoms with E-state index in [1.165, 1.54) is 4.31 Å². The molecule has 2 aromatic carbocycles. The Labute approximate surface area is 258 Å². The number of benzene rings is 2. The first-order chi connectivity index (χ1) is 20.1. The zero-order valence-corrected chi connectivity index (χ0v) is 25.4. The van der Waals surface area contributed by atoms with Crippen molar-refractivity contribution in [3.05, 3.63) is 99.8 Å². The van der Waals surface area contributed by atoms with Crippen LogP contribution in [0.25, 0.3) is 0 Å². The number of carbonyl (C=O) groups is 2. The number of aromatic nitrogens is 1. The van der Waals surface area contributed by atoms with Crippen molar-refractivity contribution >= 4 is 46.3 Å². The molecule has 0 bridgehead atoms. The van der Waals surface area contributed by atoms with E-state index in [4.69, 9.17) is 23.2 Å². The lowest BCUT2D eigenvalue weighted by Crippen LogP contribution is -2.59. The van der Waals surface area contributed by atoms with Gasteiger partial charge in [-0.05, 0) is 72.2 Å². The highest BCUT2D eigenvalue weighted by Gasteiger charge is 2.54. The molecule has 11 heteroatoms. The number of amides is 1. The number of carboxylic acids is 1. The summed E-state index contributed by atoms with van der Waals surface area (Å²) in [5.74, 6) is -1.53. The number of likely N-dealkylation sites (tertiary alicyclic amines) is 1. The third-order valence-electron chi connectivity index (χ3n) is 8.35. The van der Waals surface area contributed by atoms with Gasteiger partial charge in [-0.3, -0.25) is 19.1 Å². The standard InChI is InChI=1S/C31H33Cl2N3O5S/c1-31(16-28(37)38)15-26(23-5-2-6-25(33)14-23)29(22-9-11-24(32)12-10-22)36(30(31)39)27(21-7-8-21)19-35(42(40)41)18-20-4-3-13-34-17-20/h2-6,9-14,17,21,26-27,29H,7-8,15-16,18-19H2,1H3,(H,37,38)(H,40,41)/t26?,27?,29-,31-/m1/s1. The van der Waals surface area contributed by atoms with E-state index in [-0.39, 0.29) is 37.3 Å². The Morgan fingerprint density at radius 3 is 2.45 bits per heavy atom. The molecular weight excluding hydrogens is 597 g/mol. The topological polar surface area (TPSA) is 111 Å². The molecule has 3 unspecified atom stereocenters. The first kappa shape index (κ1) is 30.6. The number of rotatable bonds is 11. The van der Waals surface area contributed by atoms with E-state index in [0.29, 0.717) is 16.5 Å². The SMILES string of the molecule is C[C@]1(CC(=O)O)CC(c2cccc(Cl)c2)[C@@H](c2ccc(Cl)cc2)N(C(CN(Cc2cccnc2)S(=O)O)C2CC2)C1=O. The van der Waals surface area contributed by atoms with Crippen LogP contribution in [0, 0.1) is 11.3 Å². The van der Waals surface area contributed by atoms with Crippen LogP contribution in [0.1, 0.15) is 61.3 Å². The average molecular weight is 631 g/mol. The largest absolute Gasteiger partial charge is 0.481 e. The van der Waals surface area contributed by atoms with Gasteiger partial charge in [0.2, 0.25) is 17.2 Å². The molecule has 3 aromatic rings. The lowest BCUT2D eigenvalue weighted by atomic mass is 9.67. The first-order valence-corrected chi connectivity index (χ1v) is 15.7. The monoisotopic (exact) mass is 629 g/mol. The molecule has 1 amide bonds. The van der Waals surface area contributed by atoms with Gasteiger partial charge in [-0.15, -0.1) is 0 Å². The molecule has 0 spiro atoms. The molecule has 2 heterocycles. The number of carbonyl (C=O) groups excluding carboxylic acids is 1. The molecule has 8 nitrogen and oxygen atoms in total.